The quantitative estimate of drug-likeness (QED) is 0.160. The van der Waals surface area contributed by atoms with Gasteiger partial charge < -0.3 is 16.8 Å². The van der Waals surface area contributed by atoms with Crippen LogP contribution in [0.5, 0.6) is 0 Å². The number of pyridine rings is 1. The molecule has 0 aliphatic heterocycles. The highest BCUT2D eigenvalue weighted by atomic mass is 35.7. The lowest BCUT2D eigenvalue weighted by Crippen LogP contribution is -2.68. The molecule has 12 nitrogen and oxygen atoms in total. The average molecular weight is 594 g/mol. The van der Waals surface area contributed by atoms with Crippen molar-refractivity contribution in [3.63, 3.8) is 0 Å². The standard InChI is InChI=1S/C26H31N5O3S.ClHO4/c1-17(2)23-14-20(19-8-6-5-7-9-19)15-24(18(3)4)31(23)16-25(32)29-21-10-12-22(13-11-21)35(33,34)30-26(27)28;2-1(3,4)5/h5-15,17-18H,16H2,1-4H3,(H4-,27,28,29,30,32);(H,2,3,4,5). The van der Waals surface area contributed by atoms with Crippen LogP contribution in [0.3, 0.4) is 0 Å². The minimum atomic E-state index is -4.94. The molecule has 3 rings (SSSR count). The first kappa shape index (κ1) is 32.6. The minimum Gasteiger partial charge on any atom is -0.369 e. The second kappa shape index (κ2) is 13.7. The molecule has 5 N–H and O–H groups in total. The monoisotopic (exact) mass is 593 g/mol. The molecule has 0 aliphatic rings. The van der Waals surface area contributed by atoms with Gasteiger partial charge in [0.1, 0.15) is 0 Å². The van der Waals surface area contributed by atoms with Gasteiger partial charge in [0.25, 0.3) is 15.9 Å². The fraction of sp³-hybridized carbons (Fsp3) is 0.269. The zero-order chi connectivity index (χ0) is 30.3. The highest BCUT2D eigenvalue weighted by molar-refractivity contribution is 7.90. The molecule has 0 saturated heterocycles. The Morgan fingerprint density at radius 1 is 0.875 bits per heavy atom. The molecule has 1 amide bonds. The third-order valence-electron chi connectivity index (χ3n) is 5.48. The summed E-state index contributed by atoms with van der Waals surface area (Å²) in [7, 11) is -8.93. The number of guanidine groups is 1. The highest BCUT2D eigenvalue weighted by Gasteiger charge is 2.26. The fourth-order valence-electron chi connectivity index (χ4n) is 3.85. The summed E-state index contributed by atoms with van der Waals surface area (Å²) in [5, 5.41) is 2.85. The van der Waals surface area contributed by atoms with E-state index in [4.69, 9.17) is 30.1 Å². The van der Waals surface area contributed by atoms with Gasteiger partial charge in [0.2, 0.25) is 12.5 Å². The van der Waals surface area contributed by atoms with Crippen molar-refractivity contribution in [2.24, 2.45) is 15.9 Å². The minimum absolute atomic E-state index is 0.0704. The second-order valence-electron chi connectivity index (χ2n) is 9.30. The number of halogens is 1. The Kier molecular flexibility index (Phi) is 11.1. The van der Waals surface area contributed by atoms with E-state index in [2.05, 4.69) is 66.2 Å². The Morgan fingerprint density at radius 2 is 1.35 bits per heavy atom. The molecular weight excluding hydrogens is 562 g/mol. The Morgan fingerprint density at radius 3 is 1.77 bits per heavy atom. The van der Waals surface area contributed by atoms with Crippen LogP contribution in [0, 0.1) is 10.2 Å². The molecule has 0 fully saturated rings. The molecule has 3 aromatic rings. The van der Waals surface area contributed by atoms with Gasteiger partial charge in [-0.25, -0.2) is 18.6 Å². The zero-order valence-electron chi connectivity index (χ0n) is 22.4. The average Bonchev–Trinajstić information content (AvgIpc) is 2.82. The van der Waals surface area contributed by atoms with E-state index in [-0.39, 0.29) is 29.2 Å². The van der Waals surface area contributed by atoms with Crippen LogP contribution in [0.4, 0.5) is 5.69 Å². The predicted octanol–water partition coefficient (Wildman–Crippen LogP) is -1.27. The summed E-state index contributed by atoms with van der Waals surface area (Å²) < 4.78 is 63.5. The van der Waals surface area contributed by atoms with Crippen LogP contribution in [0.15, 0.2) is 76.0 Å². The maximum Gasteiger partial charge on any atom is 0.290 e. The Bertz CT molecular complexity index is 1400. The number of carbonyl (C=O) groups excluding carboxylic acids is 1. The first-order chi connectivity index (χ1) is 18.5. The van der Waals surface area contributed by atoms with E-state index in [9.17, 15) is 13.2 Å². The number of carbonyl (C=O) groups is 1. The molecule has 0 bridgehead atoms. The number of nitrogens with one attached hydrogen (secondary N) is 1. The summed E-state index contributed by atoms with van der Waals surface area (Å²) in [5.41, 5.74) is 15.2. The summed E-state index contributed by atoms with van der Waals surface area (Å²) in [6.07, 6.45) is 0. The molecule has 2 aromatic carbocycles. The molecule has 216 valence electrons. The Balaban J connectivity index is 0.00000103. The predicted molar refractivity (Wildman–Crippen MR) is 138 cm³/mol. The van der Waals surface area contributed by atoms with Crippen LogP contribution in [-0.4, -0.2) is 20.3 Å². The van der Waals surface area contributed by atoms with Crippen LogP contribution in [-0.2, 0) is 21.4 Å². The van der Waals surface area contributed by atoms with Crippen LogP contribution in [0.2, 0.25) is 0 Å². The number of amides is 1. The van der Waals surface area contributed by atoms with Crippen LogP contribution in [0.1, 0.15) is 50.9 Å². The normalized spacial score (nSPS) is 11.6. The first-order valence-corrected chi connectivity index (χ1v) is 14.7. The molecule has 14 heteroatoms. The van der Waals surface area contributed by atoms with E-state index >= 15 is 0 Å². The van der Waals surface area contributed by atoms with E-state index in [0.29, 0.717) is 5.69 Å². The van der Waals surface area contributed by atoms with Crippen LogP contribution >= 0.6 is 0 Å². The molecule has 40 heavy (non-hydrogen) atoms. The van der Waals surface area contributed by atoms with Gasteiger partial charge in [0, 0.05) is 29.7 Å². The van der Waals surface area contributed by atoms with Gasteiger partial charge in [-0.2, -0.15) is 13.0 Å². The number of aromatic nitrogens is 1. The maximum absolute atomic E-state index is 13.0. The number of nitrogens with two attached hydrogens (primary N) is 2. The summed E-state index contributed by atoms with van der Waals surface area (Å²) in [4.78, 5) is 12.9. The van der Waals surface area contributed by atoms with Gasteiger partial charge in [0.05, 0.1) is 4.90 Å². The number of rotatable bonds is 8. The smallest absolute Gasteiger partial charge is 0.290 e. The Labute approximate surface area is 235 Å². The summed E-state index contributed by atoms with van der Waals surface area (Å²) in [5.74, 6) is -0.362. The lowest BCUT2D eigenvalue weighted by Gasteiger charge is -2.17. The number of benzene rings is 2. The van der Waals surface area contributed by atoms with E-state index < -0.39 is 26.2 Å². The molecular formula is C26H32ClN5O7S. The van der Waals surface area contributed by atoms with Gasteiger partial charge >= 0.3 is 0 Å². The topological polar surface area (TPSA) is 224 Å². The summed E-state index contributed by atoms with van der Waals surface area (Å²) in [6, 6.07) is 20.2. The van der Waals surface area contributed by atoms with Gasteiger partial charge in [-0.3, -0.25) is 4.79 Å². The number of hydrogen-bond acceptors (Lipinski definition) is 7. The number of nitrogens with zero attached hydrogens (tertiary/aromatic N) is 2. The number of sulfonamides is 1. The molecule has 0 atom stereocenters. The molecule has 0 aliphatic carbocycles. The third-order valence-corrected chi connectivity index (χ3v) is 6.80. The molecule has 1 heterocycles. The first-order valence-electron chi connectivity index (χ1n) is 12.0. The highest BCUT2D eigenvalue weighted by Crippen LogP contribution is 2.26. The molecule has 0 unspecified atom stereocenters. The van der Waals surface area contributed by atoms with Crippen molar-refractivity contribution in [1.29, 1.82) is 0 Å². The van der Waals surface area contributed by atoms with Crippen molar-refractivity contribution in [3.8, 4) is 11.1 Å². The van der Waals surface area contributed by atoms with Gasteiger partial charge in [-0.15, -0.1) is 14.6 Å². The molecule has 0 spiro atoms. The SMILES string of the molecule is CC(C)c1cc(-c2ccccc2)cc(C(C)C)[n+]1CC(=O)Nc1ccc(S(=O)(=O)N=C(N)N)cc1.[O-][Cl+3]([O-])([O-])[O-]. The van der Waals surface area contributed by atoms with E-state index in [1.54, 1.807) is 0 Å². The van der Waals surface area contributed by atoms with Crippen LogP contribution in [0.25, 0.3) is 11.1 Å². The van der Waals surface area contributed by atoms with Crippen molar-refractivity contribution in [3.05, 3.63) is 78.1 Å². The van der Waals surface area contributed by atoms with Gasteiger partial charge in [-0.05, 0) is 35.4 Å². The van der Waals surface area contributed by atoms with E-state index in [1.165, 1.54) is 24.3 Å². The second-order valence-corrected chi connectivity index (χ2v) is 11.7. The van der Waals surface area contributed by atoms with Crippen molar-refractivity contribution < 1.29 is 46.7 Å². The van der Waals surface area contributed by atoms with Crippen molar-refractivity contribution in [2.45, 2.75) is 51.0 Å². The van der Waals surface area contributed by atoms with E-state index in [1.807, 2.05) is 18.2 Å². The number of anilines is 1. The van der Waals surface area contributed by atoms with E-state index in [0.717, 1.165) is 22.5 Å². The third kappa shape index (κ3) is 10.2. The fourth-order valence-corrected chi connectivity index (χ4v) is 4.71. The summed E-state index contributed by atoms with van der Waals surface area (Å²) >= 11 is 0. The van der Waals surface area contributed by atoms with Crippen molar-refractivity contribution in [2.75, 3.05) is 5.32 Å². The van der Waals surface area contributed by atoms with Crippen molar-refractivity contribution in [1.82, 2.24) is 0 Å². The maximum atomic E-state index is 13.0. The lowest BCUT2D eigenvalue weighted by atomic mass is 9.97. The van der Waals surface area contributed by atoms with Gasteiger partial charge in [0.15, 0.2) is 11.4 Å². The van der Waals surface area contributed by atoms with Gasteiger partial charge in [-0.1, -0.05) is 58.0 Å². The van der Waals surface area contributed by atoms with Crippen LogP contribution < -0.4 is 40.0 Å². The largest absolute Gasteiger partial charge is 0.369 e. The zero-order valence-corrected chi connectivity index (χ0v) is 24.0. The molecule has 0 radical (unpaired) electrons. The molecule has 1 aromatic heterocycles. The number of hydrogen-bond donors (Lipinski definition) is 3. The Hall–Kier alpha value is -3.59. The van der Waals surface area contributed by atoms with Crippen molar-refractivity contribution >= 4 is 27.6 Å². The summed E-state index contributed by atoms with van der Waals surface area (Å²) in [6.45, 7) is 8.57. The lowest BCUT2D eigenvalue weighted by molar-refractivity contribution is -2.00. The molecule has 0 saturated carbocycles.